The van der Waals surface area contributed by atoms with E-state index in [0.717, 1.165) is 0 Å². The molecule has 6 nitrogen and oxygen atoms in total. The first kappa shape index (κ1) is 17.0. The molecule has 0 amide bonds. The Labute approximate surface area is 153 Å². The SMILES string of the molecule is O=S(=O)(Nc1cc(Cl)ccc1-n1cncn1)c1cc(Cl)ccc1Cl. The van der Waals surface area contributed by atoms with Gasteiger partial charge in [-0.2, -0.15) is 5.10 Å². The van der Waals surface area contributed by atoms with Gasteiger partial charge < -0.3 is 0 Å². The summed E-state index contributed by atoms with van der Waals surface area (Å²) in [5.74, 6) is 0. The van der Waals surface area contributed by atoms with E-state index in [4.69, 9.17) is 34.8 Å². The lowest BCUT2D eigenvalue weighted by Gasteiger charge is -2.14. The summed E-state index contributed by atoms with van der Waals surface area (Å²) in [6.45, 7) is 0. The number of benzene rings is 2. The fourth-order valence-corrected chi connectivity index (χ4v) is 4.01. The van der Waals surface area contributed by atoms with Crippen molar-refractivity contribution >= 4 is 50.5 Å². The minimum Gasteiger partial charge on any atom is -0.277 e. The van der Waals surface area contributed by atoms with E-state index in [1.165, 1.54) is 41.6 Å². The molecule has 2 aromatic carbocycles. The number of sulfonamides is 1. The van der Waals surface area contributed by atoms with Crippen LogP contribution in [0.3, 0.4) is 0 Å². The van der Waals surface area contributed by atoms with Crippen LogP contribution < -0.4 is 4.72 Å². The number of nitrogens with one attached hydrogen (secondary N) is 1. The van der Waals surface area contributed by atoms with Gasteiger partial charge in [0.2, 0.25) is 0 Å². The minimum atomic E-state index is -3.98. The van der Waals surface area contributed by atoms with Crippen molar-refractivity contribution in [3.63, 3.8) is 0 Å². The Morgan fingerprint density at radius 1 is 1.00 bits per heavy atom. The van der Waals surface area contributed by atoms with E-state index in [1.54, 1.807) is 12.1 Å². The van der Waals surface area contributed by atoms with Gasteiger partial charge in [0.05, 0.1) is 16.4 Å². The average molecular weight is 404 g/mol. The molecule has 0 atom stereocenters. The average Bonchev–Trinajstić information content (AvgIpc) is 3.03. The molecule has 124 valence electrons. The van der Waals surface area contributed by atoms with Crippen molar-refractivity contribution in [3.05, 3.63) is 64.1 Å². The van der Waals surface area contributed by atoms with Gasteiger partial charge in [-0.1, -0.05) is 34.8 Å². The maximum atomic E-state index is 12.7. The normalized spacial score (nSPS) is 11.5. The van der Waals surface area contributed by atoms with Crippen LogP contribution in [0.5, 0.6) is 0 Å². The number of halogens is 3. The molecule has 0 spiro atoms. The highest BCUT2D eigenvalue weighted by Crippen LogP contribution is 2.30. The highest BCUT2D eigenvalue weighted by molar-refractivity contribution is 7.92. The Morgan fingerprint density at radius 3 is 2.42 bits per heavy atom. The van der Waals surface area contributed by atoms with Crippen LogP contribution in [0.4, 0.5) is 5.69 Å². The first-order valence-electron chi connectivity index (χ1n) is 6.49. The molecule has 0 fully saturated rings. The predicted molar refractivity (Wildman–Crippen MR) is 93.6 cm³/mol. The van der Waals surface area contributed by atoms with Crippen LogP contribution in [0.1, 0.15) is 0 Å². The maximum absolute atomic E-state index is 12.7. The molecule has 0 saturated carbocycles. The van der Waals surface area contributed by atoms with Gasteiger partial charge in [-0.05, 0) is 36.4 Å². The van der Waals surface area contributed by atoms with Gasteiger partial charge in [0.1, 0.15) is 17.6 Å². The summed E-state index contributed by atoms with van der Waals surface area (Å²) in [4.78, 5) is 3.71. The second-order valence-corrected chi connectivity index (χ2v) is 7.61. The van der Waals surface area contributed by atoms with Crippen LogP contribution in [0.25, 0.3) is 5.69 Å². The second-order valence-electron chi connectivity index (χ2n) is 4.68. The highest BCUT2D eigenvalue weighted by Gasteiger charge is 2.21. The predicted octanol–water partition coefficient (Wildman–Crippen LogP) is 4.03. The fourth-order valence-electron chi connectivity index (χ4n) is 2.01. The molecule has 3 aromatic rings. The van der Waals surface area contributed by atoms with E-state index >= 15 is 0 Å². The van der Waals surface area contributed by atoms with E-state index in [1.807, 2.05) is 0 Å². The number of aromatic nitrogens is 3. The molecule has 0 aliphatic rings. The Balaban J connectivity index is 2.08. The Bertz CT molecular complexity index is 991. The summed E-state index contributed by atoms with van der Waals surface area (Å²) in [7, 11) is -3.98. The van der Waals surface area contributed by atoms with E-state index in [9.17, 15) is 8.42 Å². The summed E-state index contributed by atoms with van der Waals surface area (Å²) in [5, 5.41) is 4.65. The van der Waals surface area contributed by atoms with E-state index < -0.39 is 10.0 Å². The van der Waals surface area contributed by atoms with Crippen LogP contribution >= 0.6 is 34.8 Å². The van der Waals surface area contributed by atoms with Crippen LogP contribution in [-0.2, 0) is 10.0 Å². The quantitative estimate of drug-likeness (QED) is 0.713. The molecular weight excluding hydrogens is 395 g/mol. The molecule has 1 aromatic heterocycles. The van der Waals surface area contributed by atoms with Crippen LogP contribution in [0, 0.1) is 0 Å². The molecule has 24 heavy (non-hydrogen) atoms. The monoisotopic (exact) mass is 402 g/mol. The smallest absolute Gasteiger partial charge is 0.263 e. The van der Waals surface area contributed by atoms with Gasteiger partial charge in [0.15, 0.2) is 0 Å². The van der Waals surface area contributed by atoms with E-state index in [-0.39, 0.29) is 20.6 Å². The van der Waals surface area contributed by atoms with Crippen LogP contribution in [0.15, 0.2) is 53.9 Å². The lowest BCUT2D eigenvalue weighted by molar-refractivity contribution is 0.601. The molecule has 3 rings (SSSR count). The molecule has 0 bridgehead atoms. The van der Waals surface area contributed by atoms with Crippen molar-refractivity contribution in [2.24, 2.45) is 0 Å². The highest BCUT2D eigenvalue weighted by atomic mass is 35.5. The van der Waals surface area contributed by atoms with Gasteiger partial charge in [0, 0.05) is 10.0 Å². The molecule has 1 N–H and O–H groups in total. The molecule has 0 aliphatic carbocycles. The molecule has 0 radical (unpaired) electrons. The van der Waals surface area contributed by atoms with Crippen LogP contribution in [0.2, 0.25) is 15.1 Å². The van der Waals surface area contributed by atoms with Crippen molar-refractivity contribution in [1.82, 2.24) is 14.8 Å². The first-order chi connectivity index (χ1) is 11.4. The van der Waals surface area contributed by atoms with Crippen molar-refractivity contribution in [2.75, 3.05) is 4.72 Å². The third-order valence-electron chi connectivity index (χ3n) is 3.05. The summed E-state index contributed by atoms with van der Waals surface area (Å²) in [5.41, 5.74) is 0.683. The Kier molecular flexibility index (Phi) is 4.69. The lowest BCUT2D eigenvalue weighted by atomic mass is 10.3. The van der Waals surface area contributed by atoms with Crippen molar-refractivity contribution in [3.8, 4) is 5.69 Å². The maximum Gasteiger partial charge on any atom is 0.263 e. The molecule has 0 saturated heterocycles. The number of rotatable bonds is 4. The molecule has 10 heteroatoms. The second kappa shape index (κ2) is 6.60. The number of nitrogens with zero attached hydrogens (tertiary/aromatic N) is 3. The van der Waals surface area contributed by atoms with Gasteiger partial charge >= 0.3 is 0 Å². The molecule has 1 heterocycles. The minimum absolute atomic E-state index is 0.0521. The van der Waals surface area contributed by atoms with Gasteiger partial charge in [0.25, 0.3) is 10.0 Å². The topological polar surface area (TPSA) is 76.9 Å². The standard InChI is InChI=1S/C14H9Cl3N4O2S/c15-9-2-4-13(21-8-18-7-19-21)12(5-9)20-24(22,23)14-6-10(16)1-3-11(14)17/h1-8,20H. The van der Waals surface area contributed by atoms with E-state index in [0.29, 0.717) is 10.7 Å². The zero-order chi connectivity index (χ0) is 17.3. The van der Waals surface area contributed by atoms with Crippen LogP contribution in [-0.4, -0.2) is 23.2 Å². The zero-order valence-electron chi connectivity index (χ0n) is 11.8. The lowest BCUT2D eigenvalue weighted by Crippen LogP contribution is -2.15. The van der Waals surface area contributed by atoms with Crippen molar-refractivity contribution in [2.45, 2.75) is 4.90 Å². The Hall–Kier alpha value is -1.80. The van der Waals surface area contributed by atoms with Gasteiger partial charge in [-0.3, -0.25) is 4.72 Å². The fraction of sp³-hybridized carbons (Fsp3) is 0. The summed E-state index contributed by atoms with van der Waals surface area (Å²) in [6, 6.07) is 8.88. The van der Waals surface area contributed by atoms with Crippen molar-refractivity contribution < 1.29 is 8.42 Å². The third kappa shape index (κ3) is 3.49. The summed E-state index contributed by atoms with van der Waals surface area (Å²) < 4.78 is 29.2. The Morgan fingerprint density at radius 2 is 1.71 bits per heavy atom. The first-order valence-corrected chi connectivity index (χ1v) is 9.11. The van der Waals surface area contributed by atoms with Crippen molar-refractivity contribution in [1.29, 1.82) is 0 Å². The number of hydrogen-bond donors (Lipinski definition) is 1. The van der Waals surface area contributed by atoms with Gasteiger partial charge in [-0.25, -0.2) is 18.1 Å². The van der Waals surface area contributed by atoms with Gasteiger partial charge in [-0.15, -0.1) is 0 Å². The zero-order valence-corrected chi connectivity index (χ0v) is 14.9. The molecule has 0 aliphatic heterocycles. The summed E-state index contributed by atoms with van der Waals surface area (Å²) >= 11 is 17.8. The largest absolute Gasteiger partial charge is 0.277 e. The van der Waals surface area contributed by atoms with E-state index in [2.05, 4.69) is 14.8 Å². The molecule has 0 unspecified atom stereocenters. The third-order valence-corrected chi connectivity index (χ3v) is 5.37. The number of anilines is 1. The number of hydrogen-bond acceptors (Lipinski definition) is 4. The molecular formula is C14H9Cl3N4O2S. The summed E-state index contributed by atoms with van der Waals surface area (Å²) in [6.07, 6.45) is 2.77.